The van der Waals surface area contributed by atoms with E-state index in [-0.39, 0.29) is 5.02 Å². The average Bonchev–Trinajstić information content (AvgIpc) is 2.70. The van der Waals surface area contributed by atoms with Crippen molar-refractivity contribution >= 4 is 44.7 Å². The maximum atomic E-state index is 13.3. The van der Waals surface area contributed by atoms with Crippen molar-refractivity contribution in [2.24, 2.45) is 4.99 Å². The van der Waals surface area contributed by atoms with Crippen LogP contribution < -0.4 is 20.1 Å². The van der Waals surface area contributed by atoms with Crippen LogP contribution in [0.15, 0.2) is 35.3 Å². The number of aliphatic imine (C=N–C) groups is 1. The first-order chi connectivity index (χ1) is 13.1. The monoisotopic (exact) mass is 457 g/mol. The number of ether oxygens (including phenoxy) is 2. The molecule has 0 radical (unpaired) electrons. The molecule has 2 N–H and O–H groups in total. The Bertz CT molecular complexity index is 818. The summed E-state index contributed by atoms with van der Waals surface area (Å²) in [4.78, 5) is 4.45. The molecular formula is C19H22BrClFN3O2. The van der Waals surface area contributed by atoms with Crippen molar-refractivity contribution < 1.29 is 13.9 Å². The van der Waals surface area contributed by atoms with E-state index in [2.05, 4.69) is 31.6 Å². The topological polar surface area (TPSA) is 54.9 Å². The number of amidine groups is 1. The molecule has 0 spiro atoms. The molecule has 1 aliphatic heterocycles. The molecular weight excluding hydrogens is 437 g/mol. The number of nitrogens with one attached hydrogen (secondary N) is 2. The Morgan fingerprint density at radius 1 is 1.26 bits per heavy atom. The van der Waals surface area contributed by atoms with Crippen LogP contribution >= 0.6 is 27.5 Å². The number of nitrogens with zero attached hydrogens (tertiary/aromatic N) is 1. The Morgan fingerprint density at radius 2 is 2.04 bits per heavy atom. The number of benzene rings is 2. The van der Waals surface area contributed by atoms with Crippen molar-refractivity contribution in [1.82, 2.24) is 0 Å². The Labute approximate surface area is 172 Å². The lowest BCUT2D eigenvalue weighted by molar-refractivity contribution is 0.314. The summed E-state index contributed by atoms with van der Waals surface area (Å²) in [5.41, 5.74) is 2.35. The van der Waals surface area contributed by atoms with Gasteiger partial charge in [0.2, 0.25) is 0 Å². The molecule has 0 fully saturated rings. The molecule has 3 rings (SSSR count). The molecule has 0 saturated heterocycles. The van der Waals surface area contributed by atoms with E-state index in [4.69, 9.17) is 21.1 Å². The van der Waals surface area contributed by atoms with Crippen LogP contribution in [-0.2, 0) is 0 Å². The minimum absolute atomic E-state index is 0.0517. The molecule has 0 amide bonds. The van der Waals surface area contributed by atoms with E-state index in [0.29, 0.717) is 41.6 Å². The van der Waals surface area contributed by atoms with Gasteiger partial charge in [-0.05, 0) is 24.3 Å². The molecule has 0 aliphatic carbocycles. The van der Waals surface area contributed by atoms with Gasteiger partial charge >= 0.3 is 0 Å². The summed E-state index contributed by atoms with van der Waals surface area (Å²) in [6, 6.07) is 8.17. The minimum Gasteiger partial charge on any atom is -0.493 e. The highest BCUT2D eigenvalue weighted by Crippen LogP contribution is 2.35. The van der Waals surface area contributed by atoms with Crippen LogP contribution in [0.4, 0.5) is 15.8 Å². The lowest BCUT2D eigenvalue weighted by atomic mass is 10.1. The van der Waals surface area contributed by atoms with Crippen molar-refractivity contribution in [3.8, 4) is 11.5 Å². The van der Waals surface area contributed by atoms with Crippen molar-refractivity contribution in [1.29, 1.82) is 0 Å². The second-order valence-corrected chi connectivity index (χ2v) is 6.38. The van der Waals surface area contributed by atoms with E-state index in [0.717, 1.165) is 11.3 Å². The Morgan fingerprint density at radius 3 is 2.70 bits per heavy atom. The highest BCUT2D eigenvalue weighted by atomic mass is 79.9. The van der Waals surface area contributed by atoms with Crippen LogP contribution in [0.5, 0.6) is 11.5 Å². The Balaban J connectivity index is 0.00000126. The van der Waals surface area contributed by atoms with E-state index >= 15 is 0 Å². The zero-order chi connectivity index (χ0) is 19.8. The first kappa shape index (κ1) is 21.3. The molecule has 8 heteroatoms. The molecule has 2 aromatic carbocycles. The lowest BCUT2D eigenvalue weighted by Gasteiger charge is -2.22. The third kappa shape index (κ3) is 5.26. The Kier molecular flexibility index (Phi) is 8.19. The number of alkyl halides is 1. The number of anilines is 2. The van der Waals surface area contributed by atoms with Crippen LogP contribution in [0.2, 0.25) is 5.02 Å². The van der Waals surface area contributed by atoms with E-state index < -0.39 is 5.82 Å². The number of fused-ring (bicyclic) bond motifs is 1. The molecule has 27 heavy (non-hydrogen) atoms. The van der Waals surface area contributed by atoms with Gasteiger partial charge in [0.15, 0.2) is 11.5 Å². The van der Waals surface area contributed by atoms with Crippen molar-refractivity contribution in [2.75, 3.05) is 36.3 Å². The zero-order valence-corrected chi connectivity index (χ0v) is 17.7. The number of halogens is 3. The average molecular weight is 459 g/mol. The minimum atomic E-state index is -0.463. The highest BCUT2D eigenvalue weighted by Gasteiger charge is 2.19. The van der Waals surface area contributed by atoms with Crippen LogP contribution in [0.25, 0.3) is 0 Å². The second kappa shape index (κ2) is 10.4. The molecule has 0 unspecified atom stereocenters. The van der Waals surface area contributed by atoms with Gasteiger partial charge < -0.3 is 20.1 Å². The van der Waals surface area contributed by atoms with Gasteiger partial charge in [0.05, 0.1) is 24.4 Å². The van der Waals surface area contributed by atoms with Gasteiger partial charge in [0, 0.05) is 22.6 Å². The fourth-order valence-corrected chi connectivity index (χ4v) is 2.77. The van der Waals surface area contributed by atoms with Gasteiger partial charge in [0.25, 0.3) is 0 Å². The standard InChI is InChI=1S/C17H16BrClFN3O2.C2H6/c1-24-15-8-14-11(7-16(15)25-5-4-18)17(22-9-21-14)23-10-2-3-13(20)12(19)6-10;1-2/h2-3,6-8,21H,4-5,9H2,1H3,(H,22,23);1-2H3. The van der Waals surface area contributed by atoms with E-state index in [1.165, 1.54) is 12.1 Å². The molecule has 0 aromatic heterocycles. The zero-order valence-electron chi connectivity index (χ0n) is 15.4. The summed E-state index contributed by atoms with van der Waals surface area (Å²) in [5.74, 6) is 1.44. The quantitative estimate of drug-likeness (QED) is 0.579. The van der Waals surface area contributed by atoms with Crippen LogP contribution in [0.3, 0.4) is 0 Å². The summed E-state index contributed by atoms with van der Waals surface area (Å²) in [5, 5.41) is 7.14. The molecule has 5 nitrogen and oxygen atoms in total. The van der Waals surface area contributed by atoms with Crippen molar-refractivity contribution in [3.63, 3.8) is 0 Å². The first-order valence-electron chi connectivity index (χ1n) is 8.54. The van der Waals surface area contributed by atoms with Gasteiger partial charge in [0.1, 0.15) is 18.3 Å². The fraction of sp³-hybridized carbons (Fsp3) is 0.316. The predicted octanol–water partition coefficient (Wildman–Crippen LogP) is 5.53. The van der Waals surface area contributed by atoms with Crippen molar-refractivity contribution in [2.45, 2.75) is 13.8 Å². The van der Waals surface area contributed by atoms with Crippen LogP contribution in [0, 0.1) is 5.82 Å². The molecule has 1 aliphatic rings. The molecule has 2 aromatic rings. The number of rotatable bonds is 5. The smallest absolute Gasteiger partial charge is 0.162 e. The Hall–Kier alpha value is -1.99. The maximum Gasteiger partial charge on any atom is 0.162 e. The summed E-state index contributed by atoms with van der Waals surface area (Å²) < 4.78 is 24.5. The number of hydrogen-bond acceptors (Lipinski definition) is 5. The van der Waals surface area contributed by atoms with Crippen LogP contribution in [0.1, 0.15) is 19.4 Å². The molecule has 146 valence electrons. The summed E-state index contributed by atoms with van der Waals surface area (Å²) in [6.07, 6.45) is 0. The van der Waals surface area contributed by atoms with Gasteiger partial charge in [-0.2, -0.15) is 0 Å². The van der Waals surface area contributed by atoms with Crippen molar-refractivity contribution in [3.05, 3.63) is 46.7 Å². The molecule has 0 bridgehead atoms. The molecule has 0 atom stereocenters. The van der Waals surface area contributed by atoms with Gasteiger partial charge in [-0.3, -0.25) is 0 Å². The van der Waals surface area contributed by atoms with E-state index in [1.54, 1.807) is 13.2 Å². The maximum absolute atomic E-state index is 13.3. The molecule has 0 saturated carbocycles. The summed E-state index contributed by atoms with van der Waals surface area (Å²) in [7, 11) is 1.60. The highest BCUT2D eigenvalue weighted by molar-refractivity contribution is 9.09. The third-order valence-corrected chi connectivity index (χ3v) is 4.20. The van der Waals surface area contributed by atoms with E-state index in [1.807, 2.05) is 26.0 Å². The first-order valence-corrected chi connectivity index (χ1v) is 10.0. The number of hydrogen-bond donors (Lipinski definition) is 2. The van der Waals surface area contributed by atoms with Gasteiger partial charge in [-0.15, -0.1) is 0 Å². The summed E-state index contributed by atoms with van der Waals surface area (Å²) in [6.45, 7) is 4.92. The summed E-state index contributed by atoms with van der Waals surface area (Å²) >= 11 is 9.19. The van der Waals surface area contributed by atoms with E-state index in [9.17, 15) is 4.39 Å². The SMILES string of the molecule is CC.COc1cc2c(cc1OCCBr)C(Nc1ccc(F)c(Cl)c1)=NCN2. The van der Waals surface area contributed by atoms with Gasteiger partial charge in [-0.1, -0.05) is 41.4 Å². The largest absolute Gasteiger partial charge is 0.493 e. The van der Waals surface area contributed by atoms with Crippen LogP contribution in [-0.4, -0.2) is 31.6 Å². The number of methoxy groups -OCH3 is 1. The second-order valence-electron chi connectivity index (χ2n) is 5.18. The normalized spacial score (nSPS) is 12.0. The van der Waals surface area contributed by atoms with Gasteiger partial charge in [-0.25, -0.2) is 9.38 Å². The molecule has 1 heterocycles. The fourth-order valence-electron chi connectivity index (χ4n) is 2.43. The third-order valence-electron chi connectivity index (χ3n) is 3.58. The lowest BCUT2D eigenvalue weighted by Crippen LogP contribution is -2.22. The predicted molar refractivity (Wildman–Crippen MR) is 114 cm³/mol.